The van der Waals surface area contributed by atoms with Crippen LogP contribution in [0.5, 0.6) is 0 Å². The number of aromatic nitrogens is 1. The van der Waals surface area contributed by atoms with Crippen LogP contribution in [-0.2, 0) is 4.74 Å². The molecule has 0 spiro atoms. The highest BCUT2D eigenvalue weighted by Crippen LogP contribution is 2.14. The second-order valence-electron chi connectivity index (χ2n) is 3.43. The third-order valence-corrected chi connectivity index (χ3v) is 2.39. The van der Waals surface area contributed by atoms with Crippen LogP contribution in [0.1, 0.15) is 22.8 Å². The molecule has 2 heterocycles. The number of rotatable bonds is 2. The molecule has 0 amide bonds. The Morgan fingerprint density at radius 2 is 2.13 bits per heavy atom. The molecule has 0 fully saturated rings. The van der Waals surface area contributed by atoms with Gasteiger partial charge in [-0.15, -0.1) is 0 Å². The van der Waals surface area contributed by atoms with Crippen LogP contribution in [0.15, 0.2) is 30.6 Å². The number of aryl methyl sites for hydroxylation is 1. The summed E-state index contributed by atoms with van der Waals surface area (Å²) >= 11 is 0. The average molecular weight is 203 g/mol. The van der Waals surface area contributed by atoms with E-state index in [1.165, 1.54) is 0 Å². The Kier molecular flexibility index (Phi) is 2.46. The second-order valence-corrected chi connectivity index (χ2v) is 3.43. The van der Waals surface area contributed by atoms with Gasteiger partial charge < -0.3 is 9.14 Å². The van der Waals surface area contributed by atoms with Gasteiger partial charge in [-0.1, -0.05) is 0 Å². The van der Waals surface area contributed by atoms with E-state index in [2.05, 4.69) is 0 Å². The molecule has 0 aromatic carbocycles. The van der Waals surface area contributed by atoms with Crippen LogP contribution in [0, 0.1) is 6.92 Å². The van der Waals surface area contributed by atoms with Crippen molar-refractivity contribution in [3.05, 3.63) is 41.7 Å². The minimum atomic E-state index is -0.263. The van der Waals surface area contributed by atoms with Gasteiger partial charge in [0.25, 0.3) is 0 Å². The van der Waals surface area contributed by atoms with Crippen molar-refractivity contribution in [1.82, 2.24) is 4.40 Å². The number of carbonyl (C=O) groups is 1. The fraction of sp³-hybridized carbons (Fsp3) is 0.250. The number of carbonyl (C=O) groups excluding carboxylic acids is 1. The Bertz CT molecular complexity index is 499. The van der Waals surface area contributed by atoms with Gasteiger partial charge in [-0.2, -0.15) is 0 Å². The molecule has 0 bridgehead atoms. The Balaban J connectivity index is 2.45. The van der Waals surface area contributed by atoms with E-state index in [0.717, 1.165) is 11.1 Å². The molecule has 15 heavy (non-hydrogen) atoms. The number of fused-ring (bicyclic) bond motifs is 1. The third kappa shape index (κ3) is 1.73. The van der Waals surface area contributed by atoms with Crippen molar-refractivity contribution in [2.45, 2.75) is 13.8 Å². The lowest BCUT2D eigenvalue weighted by Gasteiger charge is -2.03. The molecule has 2 aromatic rings. The van der Waals surface area contributed by atoms with Crippen molar-refractivity contribution in [1.29, 1.82) is 0 Å². The molecule has 2 rings (SSSR count). The van der Waals surface area contributed by atoms with E-state index in [4.69, 9.17) is 4.74 Å². The van der Waals surface area contributed by atoms with Crippen LogP contribution in [0.25, 0.3) is 5.52 Å². The number of esters is 1. The summed E-state index contributed by atoms with van der Waals surface area (Å²) in [6.07, 6.45) is 3.84. The summed E-state index contributed by atoms with van der Waals surface area (Å²) in [5.74, 6) is -0.263. The van der Waals surface area contributed by atoms with Crippen molar-refractivity contribution < 1.29 is 9.53 Å². The summed E-state index contributed by atoms with van der Waals surface area (Å²) < 4.78 is 6.93. The lowest BCUT2D eigenvalue weighted by molar-refractivity contribution is 0.0526. The van der Waals surface area contributed by atoms with Gasteiger partial charge in [0.05, 0.1) is 12.2 Å². The Morgan fingerprint density at radius 3 is 2.87 bits per heavy atom. The second kappa shape index (κ2) is 3.77. The molecular weight excluding hydrogens is 190 g/mol. The van der Waals surface area contributed by atoms with Gasteiger partial charge in [-0.05, 0) is 37.6 Å². The number of nitrogens with zero attached hydrogens (tertiary/aromatic N) is 1. The van der Waals surface area contributed by atoms with E-state index in [1.807, 2.05) is 35.9 Å². The molecule has 3 nitrogen and oxygen atoms in total. The third-order valence-electron chi connectivity index (χ3n) is 2.39. The number of pyridine rings is 1. The Labute approximate surface area is 88.3 Å². The maximum absolute atomic E-state index is 11.5. The van der Waals surface area contributed by atoms with Gasteiger partial charge in [0.15, 0.2) is 0 Å². The maximum Gasteiger partial charge on any atom is 0.338 e. The fourth-order valence-corrected chi connectivity index (χ4v) is 1.58. The highest BCUT2D eigenvalue weighted by Gasteiger charge is 2.07. The monoisotopic (exact) mass is 203 g/mol. The van der Waals surface area contributed by atoms with Crippen molar-refractivity contribution >= 4 is 11.5 Å². The van der Waals surface area contributed by atoms with E-state index < -0.39 is 0 Å². The molecule has 0 saturated carbocycles. The van der Waals surface area contributed by atoms with Gasteiger partial charge in [0.2, 0.25) is 0 Å². The SMILES string of the molecule is CCOC(=O)c1ccn2ccc(C)c2c1. The van der Waals surface area contributed by atoms with Crippen LogP contribution in [-0.4, -0.2) is 17.0 Å². The molecular formula is C12H13NO2. The zero-order chi connectivity index (χ0) is 10.8. The van der Waals surface area contributed by atoms with Crippen LogP contribution >= 0.6 is 0 Å². The molecule has 0 atom stereocenters. The normalized spacial score (nSPS) is 10.5. The molecule has 0 N–H and O–H groups in total. The lowest BCUT2D eigenvalue weighted by atomic mass is 10.2. The summed E-state index contributed by atoms with van der Waals surface area (Å²) in [6, 6.07) is 5.64. The first-order valence-corrected chi connectivity index (χ1v) is 4.97. The minimum absolute atomic E-state index is 0.263. The van der Waals surface area contributed by atoms with E-state index in [9.17, 15) is 4.79 Å². The number of hydrogen-bond acceptors (Lipinski definition) is 2. The van der Waals surface area contributed by atoms with E-state index in [1.54, 1.807) is 13.0 Å². The van der Waals surface area contributed by atoms with Crippen LogP contribution in [0.4, 0.5) is 0 Å². The first-order chi connectivity index (χ1) is 7.22. The van der Waals surface area contributed by atoms with Gasteiger partial charge >= 0.3 is 5.97 Å². The summed E-state index contributed by atoms with van der Waals surface area (Å²) in [5, 5.41) is 0. The zero-order valence-electron chi connectivity index (χ0n) is 8.86. The zero-order valence-corrected chi connectivity index (χ0v) is 8.86. The smallest absolute Gasteiger partial charge is 0.338 e. The maximum atomic E-state index is 11.5. The molecule has 3 heteroatoms. The predicted molar refractivity (Wildman–Crippen MR) is 58.1 cm³/mol. The van der Waals surface area contributed by atoms with Crippen LogP contribution in [0.2, 0.25) is 0 Å². The van der Waals surface area contributed by atoms with Crippen LogP contribution < -0.4 is 0 Å². The molecule has 0 radical (unpaired) electrons. The van der Waals surface area contributed by atoms with Crippen molar-refractivity contribution in [3.8, 4) is 0 Å². The largest absolute Gasteiger partial charge is 0.462 e. The molecule has 0 aliphatic rings. The van der Waals surface area contributed by atoms with Crippen molar-refractivity contribution in [2.24, 2.45) is 0 Å². The van der Waals surface area contributed by atoms with E-state index in [0.29, 0.717) is 12.2 Å². The minimum Gasteiger partial charge on any atom is -0.462 e. The Morgan fingerprint density at radius 1 is 1.40 bits per heavy atom. The molecule has 0 saturated heterocycles. The van der Waals surface area contributed by atoms with Crippen molar-refractivity contribution in [3.63, 3.8) is 0 Å². The molecule has 78 valence electrons. The molecule has 0 unspecified atom stereocenters. The number of ether oxygens (including phenoxy) is 1. The topological polar surface area (TPSA) is 30.7 Å². The predicted octanol–water partition coefficient (Wildman–Crippen LogP) is 2.42. The first-order valence-electron chi connectivity index (χ1n) is 4.97. The molecule has 0 aliphatic heterocycles. The fourth-order valence-electron chi connectivity index (χ4n) is 1.58. The van der Waals surface area contributed by atoms with Gasteiger partial charge in [0, 0.05) is 17.9 Å². The van der Waals surface area contributed by atoms with Gasteiger partial charge in [0.1, 0.15) is 0 Å². The van der Waals surface area contributed by atoms with E-state index >= 15 is 0 Å². The average Bonchev–Trinajstić information content (AvgIpc) is 2.60. The summed E-state index contributed by atoms with van der Waals surface area (Å²) in [5.41, 5.74) is 2.80. The quantitative estimate of drug-likeness (QED) is 0.702. The summed E-state index contributed by atoms with van der Waals surface area (Å²) in [7, 11) is 0. The highest BCUT2D eigenvalue weighted by molar-refractivity contribution is 5.90. The summed E-state index contributed by atoms with van der Waals surface area (Å²) in [6.45, 7) is 4.23. The number of hydrogen-bond donors (Lipinski definition) is 0. The van der Waals surface area contributed by atoms with Crippen LogP contribution in [0.3, 0.4) is 0 Å². The Hall–Kier alpha value is -1.77. The molecule has 0 aliphatic carbocycles. The van der Waals surface area contributed by atoms with E-state index in [-0.39, 0.29) is 5.97 Å². The highest BCUT2D eigenvalue weighted by atomic mass is 16.5. The standard InChI is InChI=1S/C12H13NO2/c1-3-15-12(14)10-5-7-13-6-4-9(2)11(13)8-10/h4-8H,3H2,1-2H3. The van der Waals surface area contributed by atoms with Crippen molar-refractivity contribution in [2.75, 3.05) is 6.61 Å². The molecule has 2 aromatic heterocycles. The van der Waals surface area contributed by atoms with Gasteiger partial charge in [-0.25, -0.2) is 4.79 Å². The lowest BCUT2D eigenvalue weighted by Crippen LogP contribution is -2.04. The van der Waals surface area contributed by atoms with Gasteiger partial charge in [-0.3, -0.25) is 0 Å². The summed E-state index contributed by atoms with van der Waals surface area (Å²) in [4.78, 5) is 11.5. The first kappa shape index (κ1) is 9.77.